The van der Waals surface area contributed by atoms with Gasteiger partial charge >= 0.3 is 5.97 Å². The van der Waals surface area contributed by atoms with Crippen molar-refractivity contribution < 1.29 is 14.6 Å². The summed E-state index contributed by atoms with van der Waals surface area (Å²) >= 11 is 1.71. The average Bonchev–Trinajstić information content (AvgIpc) is 2.29. The highest BCUT2D eigenvalue weighted by Gasteiger charge is 2.01. The van der Waals surface area contributed by atoms with E-state index in [0.717, 1.165) is 28.7 Å². The number of ether oxygens (including phenoxy) is 1. The lowest BCUT2D eigenvalue weighted by Gasteiger charge is -2.09. The van der Waals surface area contributed by atoms with E-state index in [2.05, 4.69) is 0 Å². The third-order valence-electron chi connectivity index (χ3n) is 2.12. The van der Waals surface area contributed by atoms with Gasteiger partial charge in [-0.15, -0.1) is 0 Å². The van der Waals surface area contributed by atoms with Gasteiger partial charge in [0.2, 0.25) is 0 Å². The summed E-state index contributed by atoms with van der Waals surface area (Å²) < 4.78 is 5.60. The molecule has 0 amide bonds. The molecule has 0 aromatic heterocycles. The van der Waals surface area contributed by atoms with Gasteiger partial charge in [0.05, 0.1) is 6.61 Å². The van der Waals surface area contributed by atoms with Crippen LogP contribution in [-0.4, -0.2) is 29.7 Å². The molecule has 0 aliphatic heterocycles. The van der Waals surface area contributed by atoms with Crippen molar-refractivity contribution in [2.75, 3.05) is 18.6 Å². The van der Waals surface area contributed by atoms with E-state index in [1.54, 1.807) is 17.8 Å². The number of aliphatic carboxylic acids is 1. The second-order valence-corrected chi connectivity index (χ2v) is 4.54. The van der Waals surface area contributed by atoms with Gasteiger partial charge in [0, 0.05) is 17.4 Å². The molecule has 0 aliphatic carbocycles. The van der Waals surface area contributed by atoms with Crippen LogP contribution in [0.2, 0.25) is 0 Å². The molecule has 0 radical (unpaired) electrons. The normalized spacial score (nSPS) is 10.7. The zero-order valence-corrected chi connectivity index (χ0v) is 10.8. The predicted molar refractivity (Wildman–Crippen MR) is 71.7 cm³/mol. The molecule has 1 aromatic carbocycles. The molecule has 1 rings (SSSR count). The maximum atomic E-state index is 10.5. The molecule has 0 aliphatic rings. The lowest BCUT2D eigenvalue weighted by molar-refractivity contribution is -0.131. The van der Waals surface area contributed by atoms with Crippen molar-refractivity contribution >= 4 is 23.8 Å². The molecule has 3 nitrogen and oxygen atoms in total. The fourth-order valence-electron chi connectivity index (χ4n) is 1.33. The summed E-state index contributed by atoms with van der Waals surface area (Å²) in [5, 5.41) is 8.62. The highest BCUT2D eigenvalue weighted by atomic mass is 32.2. The molecule has 0 heterocycles. The molecule has 0 saturated heterocycles. The van der Waals surface area contributed by atoms with E-state index in [1.807, 2.05) is 31.4 Å². The Labute approximate surface area is 105 Å². The smallest absolute Gasteiger partial charge is 0.328 e. The van der Waals surface area contributed by atoms with E-state index >= 15 is 0 Å². The van der Waals surface area contributed by atoms with Crippen molar-refractivity contribution in [3.8, 4) is 5.75 Å². The molecule has 1 N–H and O–H groups in total. The van der Waals surface area contributed by atoms with Crippen LogP contribution in [-0.2, 0) is 4.79 Å². The molecule has 92 valence electrons. The fourth-order valence-corrected chi connectivity index (χ4v) is 1.58. The van der Waals surface area contributed by atoms with Crippen LogP contribution in [0.1, 0.15) is 11.1 Å². The topological polar surface area (TPSA) is 46.5 Å². The maximum absolute atomic E-state index is 10.5. The van der Waals surface area contributed by atoms with Gasteiger partial charge in [-0.3, -0.25) is 0 Å². The second-order valence-electron chi connectivity index (χ2n) is 3.55. The fraction of sp³-hybridized carbons (Fsp3) is 0.308. The molecule has 0 spiro atoms. The second kappa shape index (κ2) is 7.01. The lowest BCUT2D eigenvalue weighted by Crippen LogP contribution is -2.01. The Kier molecular flexibility index (Phi) is 5.63. The van der Waals surface area contributed by atoms with Gasteiger partial charge in [-0.1, -0.05) is 11.6 Å². The van der Waals surface area contributed by atoms with Gasteiger partial charge in [-0.2, -0.15) is 11.8 Å². The number of hydrogen-bond acceptors (Lipinski definition) is 3. The van der Waals surface area contributed by atoms with Gasteiger partial charge in [-0.25, -0.2) is 4.79 Å². The molecule has 0 bridgehead atoms. The number of benzene rings is 1. The first-order valence-corrected chi connectivity index (χ1v) is 6.66. The summed E-state index contributed by atoms with van der Waals surface area (Å²) in [6.45, 7) is 2.59. The van der Waals surface area contributed by atoms with Gasteiger partial charge in [0.25, 0.3) is 0 Å². The number of hydrogen-bond donors (Lipinski definition) is 1. The average molecular weight is 252 g/mol. The van der Waals surface area contributed by atoms with Crippen molar-refractivity contribution in [2.45, 2.75) is 6.92 Å². The summed E-state index contributed by atoms with van der Waals surface area (Å²) in [4.78, 5) is 10.5. The summed E-state index contributed by atoms with van der Waals surface area (Å²) in [5.41, 5.74) is 1.88. The monoisotopic (exact) mass is 252 g/mol. The predicted octanol–water partition coefficient (Wildman–Crippen LogP) is 2.83. The highest BCUT2D eigenvalue weighted by Crippen LogP contribution is 2.21. The van der Waals surface area contributed by atoms with Gasteiger partial charge in [-0.05, 0) is 31.4 Å². The quantitative estimate of drug-likeness (QED) is 0.624. The summed E-state index contributed by atoms with van der Waals surface area (Å²) in [5.74, 6) is 0.680. The molecular weight excluding hydrogens is 236 g/mol. The summed E-state index contributed by atoms with van der Waals surface area (Å²) in [6.07, 6.45) is 4.70. The Morgan fingerprint density at radius 3 is 2.94 bits per heavy atom. The van der Waals surface area contributed by atoms with Crippen molar-refractivity contribution in [3.63, 3.8) is 0 Å². The van der Waals surface area contributed by atoms with Crippen LogP contribution in [0.25, 0.3) is 6.08 Å². The molecular formula is C13H16O3S. The molecule has 4 heteroatoms. The zero-order valence-electron chi connectivity index (χ0n) is 9.97. The standard InChI is InChI=1S/C13H16O3S/c1-10-3-5-12(16-7-8-17-2)11(9-10)4-6-13(14)15/h3-6,9H,7-8H2,1-2H3,(H,14,15)/b6-4+. The SMILES string of the molecule is CSCCOc1ccc(C)cc1/C=C/C(=O)O. The van der Waals surface area contributed by atoms with Crippen LogP contribution < -0.4 is 4.74 Å². The number of carbonyl (C=O) groups is 1. The Morgan fingerprint density at radius 2 is 2.29 bits per heavy atom. The molecule has 17 heavy (non-hydrogen) atoms. The van der Waals surface area contributed by atoms with E-state index in [1.165, 1.54) is 0 Å². The van der Waals surface area contributed by atoms with Crippen molar-refractivity contribution in [1.29, 1.82) is 0 Å². The summed E-state index contributed by atoms with van der Waals surface area (Å²) in [6, 6.07) is 5.73. The largest absolute Gasteiger partial charge is 0.492 e. The van der Waals surface area contributed by atoms with Crippen molar-refractivity contribution in [2.24, 2.45) is 0 Å². The van der Waals surface area contributed by atoms with Crippen LogP contribution in [0.5, 0.6) is 5.75 Å². The molecule has 0 fully saturated rings. The number of aryl methyl sites for hydroxylation is 1. The van der Waals surface area contributed by atoms with E-state index < -0.39 is 5.97 Å². The first kappa shape index (κ1) is 13.6. The van der Waals surface area contributed by atoms with Crippen LogP contribution in [0.15, 0.2) is 24.3 Å². The Hall–Kier alpha value is -1.42. The lowest BCUT2D eigenvalue weighted by atomic mass is 10.1. The molecule has 0 atom stereocenters. The van der Waals surface area contributed by atoms with E-state index in [9.17, 15) is 4.79 Å². The van der Waals surface area contributed by atoms with Crippen LogP contribution >= 0.6 is 11.8 Å². The van der Waals surface area contributed by atoms with Crippen LogP contribution in [0.3, 0.4) is 0 Å². The maximum Gasteiger partial charge on any atom is 0.328 e. The minimum atomic E-state index is -0.957. The van der Waals surface area contributed by atoms with E-state index in [-0.39, 0.29) is 0 Å². The Morgan fingerprint density at radius 1 is 1.53 bits per heavy atom. The minimum absolute atomic E-state index is 0.623. The van der Waals surface area contributed by atoms with Gasteiger partial charge in [0.1, 0.15) is 5.75 Å². The number of carboxylic acids is 1. The molecule has 0 unspecified atom stereocenters. The summed E-state index contributed by atoms with van der Waals surface area (Å²) in [7, 11) is 0. The first-order chi connectivity index (χ1) is 8.13. The molecule has 0 saturated carbocycles. The third-order valence-corrected chi connectivity index (χ3v) is 2.69. The van der Waals surface area contributed by atoms with Crippen LogP contribution in [0, 0.1) is 6.92 Å². The Bertz CT molecular complexity index is 413. The number of rotatable bonds is 6. The van der Waals surface area contributed by atoms with E-state index in [0.29, 0.717) is 6.61 Å². The number of carboxylic acid groups (broad SMARTS) is 1. The minimum Gasteiger partial charge on any atom is -0.492 e. The third kappa shape index (κ3) is 4.95. The number of thioether (sulfide) groups is 1. The van der Waals surface area contributed by atoms with Crippen molar-refractivity contribution in [3.05, 3.63) is 35.4 Å². The molecule has 1 aromatic rings. The zero-order chi connectivity index (χ0) is 12.7. The van der Waals surface area contributed by atoms with Crippen molar-refractivity contribution in [1.82, 2.24) is 0 Å². The van der Waals surface area contributed by atoms with E-state index in [4.69, 9.17) is 9.84 Å². The van der Waals surface area contributed by atoms with Gasteiger partial charge in [0.15, 0.2) is 0 Å². The first-order valence-electron chi connectivity index (χ1n) is 5.27. The van der Waals surface area contributed by atoms with Gasteiger partial charge < -0.3 is 9.84 Å². The van der Waals surface area contributed by atoms with Crippen LogP contribution in [0.4, 0.5) is 0 Å². The Balaban J connectivity index is 2.83. The highest BCUT2D eigenvalue weighted by molar-refractivity contribution is 7.98.